The first-order valence-corrected chi connectivity index (χ1v) is 6.81. The fourth-order valence-electron chi connectivity index (χ4n) is 1.78. The molecule has 0 aliphatic heterocycles. The van der Waals surface area contributed by atoms with Gasteiger partial charge in [-0.2, -0.15) is 0 Å². The first-order valence-electron chi connectivity index (χ1n) is 6.02. The normalized spacial score (nSPS) is 13.5. The van der Waals surface area contributed by atoms with E-state index in [1.54, 1.807) is 0 Å². The minimum absolute atomic E-state index is 0.245. The highest BCUT2D eigenvalue weighted by Crippen LogP contribution is 2.28. The van der Waals surface area contributed by atoms with Gasteiger partial charge < -0.3 is 10.5 Å². The van der Waals surface area contributed by atoms with Crippen LogP contribution in [0.5, 0.6) is 5.75 Å². The van der Waals surface area contributed by atoms with Gasteiger partial charge in [0.15, 0.2) is 0 Å². The second-order valence-electron chi connectivity index (χ2n) is 5.39. The summed E-state index contributed by atoms with van der Waals surface area (Å²) >= 11 is 3.43. The average Bonchev–Trinajstić information content (AvgIpc) is 2.22. The van der Waals surface area contributed by atoms with Crippen molar-refractivity contribution in [3.05, 3.63) is 28.7 Å². The van der Waals surface area contributed by atoms with Crippen LogP contribution in [0.1, 0.15) is 27.2 Å². The van der Waals surface area contributed by atoms with Gasteiger partial charge in [-0.1, -0.05) is 42.8 Å². The van der Waals surface area contributed by atoms with Crippen LogP contribution in [0.3, 0.4) is 0 Å². The minimum atomic E-state index is 0.245. The molecular weight excluding hydrogens is 278 g/mol. The Kier molecular flexibility index (Phi) is 5.47. The maximum absolute atomic E-state index is 5.80. The molecule has 1 aromatic carbocycles. The van der Waals surface area contributed by atoms with Gasteiger partial charge in [-0.25, -0.2) is 0 Å². The SMILES string of the molecule is CC(C)(C)C(CN)CCOc1cccc(Br)c1. The highest BCUT2D eigenvalue weighted by molar-refractivity contribution is 9.10. The fraction of sp³-hybridized carbons (Fsp3) is 0.571. The summed E-state index contributed by atoms with van der Waals surface area (Å²) in [5, 5.41) is 0. The van der Waals surface area contributed by atoms with Gasteiger partial charge in [0.05, 0.1) is 6.61 Å². The Bertz CT molecular complexity index is 346. The fourth-order valence-corrected chi connectivity index (χ4v) is 2.16. The van der Waals surface area contributed by atoms with Crippen LogP contribution in [0.4, 0.5) is 0 Å². The van der Waals surface area contributed by atoms with Crippen LogP contribution in [0, 0.1) is 11.3 Å². The molecule has 0 saturated heterocycles. The van der Waals surface area contributed by atoms with Crippen LogP contribution >= 0.6 is 15.9 Å². The van der Waals surface area contributed by atoms with E-state index in [1.165, 1.54) is 0 Å². The Morgan fingerprint density at radius 1 is 1.35 bits per heavy atom. The lowest BCUT2D eigenvalue weighted by Crippen LogP contribution is -2.29. The van der Waals surface area contributed by atoms with Crippen molar-refractivity contribution in [2.24, 2.45) is 17.1 Å². The molecule has 0 fully saturated rings. The molecule has 0 aliphatic carbocycles. The Morgan fingerprint density at radius 2 is 2.06 bits per heavy atom. The summed E-state index contributed by atoms with van der Waals surface area (Å²) in [5.41, 5.74) is 6.04. The molecule has 1 atom stereocenters. The highest BCUT2D eigenvalue weighted by Gasteiger charge is 2.22. The van der Waals surface area contributed by atoms with Gasteiger partial charge in [-0.3, -0.25) is 0 Å². The Labute approximate surface area is 113 Å². The molecule has 96 valence electrons. The molecule has 0 heterocycles. The van der Waals surface area contributed by atoms with E-state index < -0.39 is 0 Å². The summed E-state index contributed by atoms with van der Waals surface area (Å²) in [4.78, 5) is 0. The summed E-state index contributed by atoms with van der Waals surface area (Å²) in [7, 11) is 0. The highest BCUT2D eigenvalue weighted by atomic mass is 79.9. The molecular formula is C14H22BrNO. The third-order valence-electron chi connectivity index (χ3n) is 3.04. The van der Waals surface area contributed by atoms with Crippen molar-refractivity contribution < 1.29 is 4.74 Å². The molecule has 2 nitrogen and oxygen atoms in total. The van der Waals surface area contributed by atoms with Crippen molar-refractivity contribution >= 4 is 15.9 Å². The Balaban J connectivity index is 2.42. The lowest BCUT2D eigenvalue weighted by Gasteiger charge is -2.29. The molecule has 1 aromatic rings. The lowest BCUT2D eigenvalue weighted by molar-refractivity contribution is 0.189. The van der Waals surface area contributed by atoms with Gasteiger partial charge in [-0.15, -0.1) is 0 Å². The van der Waals surface area contributed by atoms with Gasteiger partial charge in [0.1, 0.15) is 5.75 Å². The molecule has 2 N–H and O–H groups in total. The lowest BCUT2D eigenvalue weighted by atomic mass is 9.79. The number of ether oxygens (including phenoxy) is 1. The van der Waals surface area contributed by atoms with E-state index in [0.717, 1.165) is 23.2 Å². The summed E-state index contributed by atoms with van der Waals surface area (Å²) < 4.78 is 6.77. The van der Waals surface area contributed by atoms with Crippen molar-refractivity contribution in [3.63, 3.8) is 0 Å². The van der Waals surface area contributed by atoms with Crippen LogP contribution in [-0.2, 0) is 0 Å². The van der Waals surface area contributed by atoms with Gasteiger partial charge in [0, 0.05) is 4.47 Å². The molecule has 17 heavy (non-hydrogen) atoms. The van der Waals surface area contributed by atoms with E-state index in [9.17, 15) is 0 Å². The van der Waals surface area contributed by atoms with Crippen molar-refractivity contribution in [2.45, 2.75) is 27.2 Å². The number of halogens is 1. The van der Waals surface area contributed by atoms with E-state index in [1.807, 2.05) is 24.3 Å². The molecule has 0 amide bonds. The van der Waals surface area contributed by atoms with E-state index in [4.69, 9.17) is 10.5 Å². The quantitative estimate of drug-likeness (QED) is 0.896. The van der Waals surface area contributed by atoms with Crippen LogP contribution in [0.25, 0.3) is 0 Å². The number of rotatable bonds is 5. The van der Waals surface area contributed by atoms with Gasteiger partial charge >= 0.3 is 0 Å². The molecule has 0 aromatic heterocycles. The third-order valence-corrected chi connectivity index (χ3v) is 3.53. The monoisotopic (exact) mass is 299 g/mol. The zero-order chi connectivity index (χ0) is 12.9. The van der Waals surface area contributed by atoms with Crippen molar-refractivity contribution in [2.75, 3.05) is 13.2 Å². The van der Waals surface area contributed by atoms with Crippen LogP contribution in [0.2, 0.25) is 0 Å². The number of nitrogens with two attached hydrogens (primary N) is 1. The Morgan fingerprint density at radius 3 is 2.59 bits per heavy atom. The zero-order valence-corrected chi connectivity index (χ0v) is 12.5. The molecule has 0 saturated carbocycles. The van der Waals surface area contributed by atoms with E-state index >= 15 is 0 Å². The predicted octanol–water partition coefficient (Wildman–Crippen LogP) is 3.84. The summed E-state index contributed by atoms with van der Waals surface area (Å²) in [6.45, 7) is 8.11. The second kappa shape index (κ2) is 6.41. The standard InChI is InChI=1S/C14H22BrNO/c1-14(2,3)11(10-16)7-8-17-13-6-4-5-12(15)9-13/h4-6,9,11H,7-8,10,16H2,1-3H3. The summed E-state index contributed by atoms with van der Waals surface area (Å²) in [5.74, 6) is 1.40. The largest absolute Gasteiger partial charge is 0.494 e. The zero-order valence-electron chi connectivity index (χ0n) is 10.9. The molecule has 0 radical (unpaired) electrons. The van der Waals surface area contributed by atoms with Crippen molar-refractivity contribution in [3.8, 4) is 5.75 Å². The smallest absolute Gasteiger partial charge is 0.120 e. The topological polar surface area (TPSA) is 35.2 Å². The Hall–Kier alpha value is -0.540. The average molecular weight is 300 g/mol. The molecule has 1 unspecified atom stereocenters. The number of hydrogen-bond acceptors (Lipinski definition) is 2. The van der Waals surface area contributed by atoms with Crippen molar-refractivity contribution in [1.82, 2.24) is 0 Å². The number of hydrogen-bond donors (Lipinski definition) is 1. The second-order valence-corrected chi connectivity index (χ2v) is 6.31. The van der Waals surface area contributed by atoms with Crippen LogP contribution < -0.4 is 10.5 Å². The first kappa shape index (κ1) is 14.5. The minimum Gasteiger partial charge on any atom is -0.494 e. The van der Waals surface area contributed by atoms with Crippen LogP contribution in [0.15, 0.2) is 28.7 Å². The van der Waals surface area contributed by atoms with Gasteiger partial charge in [0.2, 0.25) is 0 Å². The maximum Gasteiger partial charge on any atom is 0.120 e. The van der Waals surface area contributed by atoms with Gasteiger partial charge in [0.25, 0.3) is 0 Å². The maximum atomic E-state index is 5.80. The molecule has 1 rings (SSSR count). The van der Waals surface area contributed by atoms with E-state index in [-0.39, 0.29) is 5.41 Å². The van der Waals surface area contributed by atoms with E-state index in [0.29, 0.717) is 12.5 Å². The predicted molar refractivity (Wildman–Crippen MR) is 76.3 cm³/mol. The van der Waals surface area contributed by atoms with Crippen LogP contribution in [-0.4, -0.2) is 13.2 Å². The van der Waals surface area contributed by atoms with Crippen molar-refractivity contribution in [1.29, 1.82) is 0 Å². The molecule has 0 bridgehead atoms. The first-order chi connectivity index (χ1) is 7.93. The summed E-state index contributed by atoms with van der Waals surface area (Å²) in [6, 6.07) is 7.92. The molecule has 0 spiro atoms. The summed E-state index contributed by atoms with van der Waals surface area (Å²) in [6.07, 6.45) is 0.993. The number of benzene rings is 1. The third kappa shape index (κ3) is 5.09. The van der Waals surface area contributed by atoms with Gasteiger partial charge in [-0.05, 0) is 42.5 Å². The van der Waals surface area contributed by atoms with E-state index in [2.05, 4.69) is 36.7 Å². The molecule has 0 aliphatic rings. The molecule has 3 heteroatoms.